The minimum absolute atomic E-state index is 0.0138. The molecule has 0 aromatic carbocycles. The van der Waals surface area contributed by atoms with Gasteiger partial charge in [-0.15, -0.1) is 11.3 Å². The number of nitrogens with one attached hydrogen (secondary N) is 2. The zero-order chi connectivity index (χ0) is 16.4. The fourth-order valence-corrected chi connectivity index (χ4v) is 4.09. The Hall–Kier alpha value is -1.47. The number of H-pyrrole nitrogens is 1. The van der Waals surface area contributed by atoms with Gasteiger partial charge in [0.2, 0.25) is 5.91 Å². The minimum atomic E-state index is -0.377. The summed E-state index contributed by atoms with van der Waals surface area (Å²) in [4.78, 5) is 13.7. The van der Waals surface area contributed by atoms with E-state index in [0.717, 1.165) is 29.5 Å². The van der Waals surface area contributed by atoms with Crippen LogP contribution >= 0.6 is 23.6 Å². The molecule has 124 valence electrons. The summed E-state index contributed by atoms with van der Waals surface area (Å²) in [5.41, 5.74) is 0. The molecule has 2 heterocycles. The van der Waals surface area contributed by atoms with Crippen LogP contribution in [-0.2, 0) is 4.79 Å². The summed E-state index contributed by atoms with van der Waals surface area (Å²) in [5, 5.41) is 12.3. The van der Waals surface area contributed by atoms with Crippen LogP contribution in [0.15, 0.2) is 17.5 Å². The van der Waals surface area contributed by atoms with Crippen LogP contribution in [0.25, 0.3) is 10.7 Å². The summed E-state index contributed by atoms with van der Waals surface area (Å²) in [7, 11) is 0. The van der Waals surface area contributed by atoms with Crippen molar-refractivity contribution in [3.05, 3.63) is 22.3 Å². The van der Waals surface area contributed by atoms with Gasteiger partial charge in [0.15, 0.2) is 10.6 Å². The standard InChI is InChI=1S/C16H22N4OS2/c1-10-5-7-12(8-6-10)17-15(21)11(2)20-14(18-19-16(20)22)13-4-3-9-23-13/h3-4,9-12H,5-8H2,1-2H3,(H,17,21)(H,19,22). The number of carbonyl (C=O) groups excluding carboxylic acids is 1. The molecule has 0 bridgehead atoms. The first-order chi connectivity index (χ1) is 11.1. The fourth-order valence-electron chi connectivity index (χ4n) is 3.09. The maximum Gasteiger partial charge on any atom is 0.243 e. The molecule has 0 spiro atoms. The van der Waals surface area contributed by atoms with Crippen molar-refractivity contribution in [2.45, 2.75) is 51.6 Å². The molecule has 1 fully saturated rings. The highest BCUT2D eigenvalue weighted by Gasteiger charge is 2.25. The molecule has 0 aliphatic heterocycles. The van der Waals surface area contributed by atoms with Gasteiger partial charge in [0, 0.05) is 6.04 Å². The molecule has 1 aliphatic rings. The Kier molecular flexibility index (Phi) is 4.96. The second kappa shape index (κ2) is 6.97. The van der Waals surface area contributed by atoms with Crippen molar-refractivity contribution in [3.63, 3.8) is 0 Å². The normalized spacial score (nSPS) is 22.7. The number of aromatic nitrogens is 3. The highest BCUT2D eigenvalue weighted by molar-refractivity contribution is 7.71. The summed E-state index contributed by atoms with van der Waals surface area (Å²) in [6.07, 6.45) is 4.50. The van der Waals surface area contributed by atoms with Crippen molar-refractivity contribution >= 4 is 29.5 Å². The second-order valence-corrected chi connectivity index (χ2v) is 7.68. The molecule has 0 radical (unpaired) electrons. The molecule has 3 rings (SSSR count). The van der Waals surface area contributed by atoms with Gasteiger partial charge in [0.05, 0.1) is 4.88 Å². The third-order valence-corrected chi connectivity index (χ3v) is 5.73. The van der Waals surface area contributed by atoms with Gasteiger partial charge >= 0.3 is 0 Å². The van der Waals surface area contributed by atoms with E-state index in [1.807, 2.05) is 29.0 Å². The van der Waals surface area contributed by atoms with Crippen LogP contribution in [0.5, 0.6) is 0 Å². The number of amides is 1. The minimum Gasteiger partial charge on any atom is -0.352 e. The van der Waals surface area contributed by atoms with Crippen LogP contribution in [0.3, 0.4) is 0 Å². The first kappa shape index (κ1) is 16.4. The molecule has 1 atom stereocenters. The molecule has 1 aliphatic carbocycles. The van der Waals surface area contributed by atoms with E-state index in [4.69, 9.17) is 12.2 Å². The lowest BCUT2D eigenvalue weighted by Gasteiger charge is -2.28. The molecular formula is C16H22N4OS2. The molecule has 1 unspecified atom stereocenters. The number of carbonyl (C=O) groups is 1. The molecule has 1 amide bonds. The van der Waals surface area contributed by atoms with Crippen LogP contribution in [0, 0.1) is 10.7 Å². The molecular weight excluding hydrogens is 328 g/mol. The van der Waals surface area contributed by atoms with E-state index in [-0.39, 0.29) is 18.0 Å². The Bertz CT molecular complexity index is 711. The Morgan fingerprint density at radius 2 is 2.22 bits per heavy atom. The van der Waals surface area contributed by atoms with Gasteiger partial charge in [0.25, 0.3) is 0 Å². The zero-order valence-corrected chi connectivity index (χ0v) is 15.0. The van der Waals surface area contributed by atoms with Crippen LogP contribution in [0.4, 0.5) is 0 Å². The number of thiophene rings is 1. The number of hydrogen-bond donors (Lipinski definition) is 2. The van der Waals surface area contributed by atoms with Gasteiger partial charge in [-0.2, -0.15) is 5.10 Å². The average Bonchev–Trinajstić information content (AvgIpc) is 3.18. The number of aromatic amines is 1. The van der Waals surface area contributed by atoms with Crippen LogP contribution in [0.1, 0.15) is 45.6 Å². The van der Waals surface area contributed by atoms with Gasteiger partial charge < -0.3 is 5.32 Å². The number of hydrogen-bond acceptors (Lipinski definition) is 4. The first-order valence-electron chi connectivity index (χ1n) is 8.07. The van der Waals surface area contributed by atoms with Crippen LogP contribution in [-0.4, -0.2) is 26.7 Å². The van der Waals surface area contributed by atoms with Crippen LogP contribution < -0.4 is 5.32 Å². The van der Waals surface area contributed by atoms with Gasteiger partial charge in [-0.25, -0.2) is 0 Å². The van der Waals surface area contributed by atoms with Crippen molar-refractivity contribution in [3.8, 4) is 10.7 Å². The molecule has 2 N–H and O–H groups in total. The van der Waals surface area contributed by atoms with Gasteiger partial charge in [-0.3, -0.25) is 14.5 Å². The fraction of sp³-hybridized carbons (Fsp3) is 0.562. The predicted molar refractivity (Wildman–Crippen MR) is 95.0 cm³/mol. The second-order valence-electron chi connectivity index (χ2n) is 6.34. The predicted octanol–water partition coefficient (Wildman–Crippen LogP) is 3.93. The molecule has 7 heteroatoms. The van der Waals surface area contributed by atoms with Gasteiger partial charge in [0.1, 0.15) is 6.04 Å². The summed E-state index contributed by atoms with van der Waals surface area (Å²) < 4.78 is 2.29. The Balaban J connectivity index is 1.75. The number of nitrogens with zero attached hydrogens (tertiary/aromatic N) is 2. The first-order valence-corrected chi connectivity index (χ1v) is 9.36. The van der Waals surface area contributed by atoms with Crippen molar-refractivity contribution in [1.82, 2.24) is 20.1 Å². The van der Waals surface area contributed by atoms with Crippen LogP contribution in [0.2, 0.25) is 0 Å². The summed E-state index contributed by atoms with van der Waals surface area (Å²) >= 11 is 6.92. The van der Waals surface area contributed by atoms with Gasteiger partial charge in [-0.05, 0) is 62.2 Å². The van der Waals surface area contributed by atoms with Crippen molar-refractivity contribution < 1.29 is 4.79 Å². The molecule has 23 heavy (non-hydrogen) atoms. The Morgan fingerprint density at radius 3 is 2.87 bits per heavy atom. The quantitative estimate of drug-likeness (QED) is 0.822. The van der Waals surface area contributed by atoms with Crippen molar-refractivity contribution in [1.29, 1.82) is 0 Å². The molecule has 1 saturated carbocycles. The maximum absolute atomic E-state index is 12.6. The Labute approximate surface area is 145 Å². The van der Waals surface area contributed by atoms with E-state index in [1.54, 1.807) is 11.3 Å². The zero-order valence-electron chi connectivity index (χ0n) is 13.4. The maximum atomic E-state index is 12.6. The van der Waals surface area contributed by atoms with E-state index in [2.05, 4.69) is 22.4 Å². The van der Waals surface area contributed by atoms with E-state index < -0.39 is 0 Å². The largest absolute Gasteiger partial charge is 0.352 e. The average molecular weight is 351 g/mol. The van der Waals surface area contributed by atoms with Gasteiger partial charge in [-0.1, -0.05) is 13.0 Å². The summed E-state index contributed by atoms with van der Waals surface area (Å²) in [6, 6.07) is 3.86. The number of rotatable bonds is 4. The summed E-state index contributed by atoms with van der Waals surface area (Å²) in [6.45, 7) is 4.15. The lowest BCUT2D eigenvalue weighted by Crippen LogP contribution is -2.40. The molecule has 2 aromatic heterocycles. The molecule has 5 nitrogen and oxygen atoms in total. The lowest BCUT2D eigenvalue weighted by molar-refractivity contribution is -0.124. The van der Waals surface area contributed by atoms with Crippen molar-refractivity contribution in [2.75, 3.05) is 0 Å². The van der Waals surface area contributed by atoms with E-state index >= 15 is 0 Å². The van der Waals surface area contributed by atoms with E-state index in [1.165, 1.54) is 12.8 Å². The smallest absolute Gasteiger partial charge is 0.243 e. The third-order valence-electron chi connectivity index (χ3n) is 4.57. The molecule has 2 aromatic rings. The van der Waals surface area contributed by atoms with E-state index in [0.29, 0.717) is 4.77 Å². The topological polar surface area (TPSA) is 62.7 Å². The SMILES string of the molecule is CC1CCC(NC(=O)C(C)n2c(-c3cccs3)n[nH]c2=S)CC1. The monoisotopic (exact) mass is 350 g/mol. The Morgan fingerprint density at radius 1 is 1.48 bits per heavy atom. The van der Waals surface area contributed by atoms with Crippen molar-refractivity contribution in [2.24, 2.45) is 5.92 Å². The third kappa shape index (κ3) is 3.55. The summed E-state index contributed by atoms with van der Waals surface area (Å²) in [5.74, 6) is 1.51. The highest BCUT2D eigenvalue weighted by Crippen LogP contribution is 2.27. The van der Waals surface area contributed by atoms with E-state index in [9.17, 15) is 4.79 Å². The lowest BCUT2D eigenvalue weighted by atomic mass is 9.87. The molecule has 0 saturated heterocycles. The highest BCUT2D eigenvalue weighted by atomic mass is 32.1.